The molecule has 0 saturated heterocycles. The van der Waals surface area contributed by atoms with Crippen molar-refractivity contribution in [2.75, 3.05) is 12.0 Å². The first-order valence-corrected chi connectivity index (χ1v) is 8.42. The van der Waals surface area contributed by atoms with Crippen LogP contribution >= 0.6 is 27.7 Å². The van der Waals surface area contributed by atoms with Crippen LogP contribution < -0.4 is 5.32 Å². The van der Waals surface area contributed by atoms with Gasteiger partial charge in [0.25, 0.3) is 5.91 Å². The van der Waals surface area contributed by atoms with E-state index in [2.05, 4.69) is 21.2 Å². The van der Waals surface area contributed by atoms with Gasteiger partial charge in [0.15, 0.2) is 5.76 Å². The van der Waals surface area contributed by atoms with Crippen molar-refractivity contribution in [2.45, 2.75) is 12.5 Å². The van der Waals surface area contributed by atoms with Crippen molar-refractivity contribution in [2.24, 2.45) is 0 Å². The van der Waals surface area contributed by atoms with Gasteiger partial charge < -0.3 is 14.8 Å². The molecular formula is C14H14BrNO4S. The number of carboxylic acids is 1. The Hall–Kier alpha value is -1.47. The number of halogens is 1. The highest BCUT2D eigenvalue weighted by Crippen LogP contribution is 2.26. The molecule has 2 aromatic rings. The Morgan fingerprint density at radius 1 is 1.48 bits per heavy atom. The van der Waals surface area contributed by atoms with Crippen LogP contribution in [0.4, 0.5) is 0 Å². The third-order valence-corrected chi connectivity index (χ3v) is 4.20. The minimum Gasteiger partial charge on any atom is -0.480 e. The minimum absolute atomic E-state index is 0.104. The summed E-state index contributed by atoms with van der Waals surface area (Å²) in [6.45, 7) is 0. The molecule has 1 atom stereocenters. The second-order valence-electron chi connectivity index (χ2n) is 4.41. The zero-order valence-corrected chi connectivity index (χ0v) is 13.7. The van der Waals surface area contributed by atoms with Crippen LogP contribution in [0.15, 0.2) is 33.2 Å². The van der Waals surface area contributed by atoms with Crippen LogP contribution in [-0.4, -0.2) is 35.0 Å². The molecule has 2 N–H and O–H groups in total. The normalized spacial score (nSPS) is 12.3. The zero-order chi connectivity index (χ0) is 15.4. The molecule has 1 amide bonds. The number of furan rings is 1. The van der Waals surface area contributed by atoms with Crippen LogP contribution in [-0.2, 0) is 4.79 Å². The second kappa shape index (κ2) is 7.00. The Kier molecular flexibility index (Phi) is 5.30. The lowest BCUT2D eigenvalue weighted by atomic mass is 10.2. The van der Waals surface area contributed by atoms with Crippen molar-refractivity contribution < 1.29 is 19.1 Å². The summed E-state index contributed by atoms with van der Waals surface area (Å²) in [4.78, 5) is 23.2. The van der Waals surface area contributed by atoms with Crippen LogP contribution in [0.1, 0.15) is 17.0 Å². The van der Waals surface area contributed by atoms with Gasteiger partial charge in [0.05, 0.1) is 4.47 Å². The average Bonchev–Trinajstić information content (AvgIpc) is 2.88. The van der Waals surface area contributed by atoms with Crippen LogP contribution in [0.2, 0.25) is 0 Å². The number of para-hydroxylation sites is 1. The molecule has 0 fully saturated rings. The number of carboxylic acid groups (broad SMARTS) is 1. The number of aliphatic carboxylic acids is 1. The number of carbonyl (C=O) groups is 2. The van der Waals surface area contributed by atoms with E-state index < -0.39 is 17.9 Å². The molecular weight excluding hydrogens is 358 g/mol. The first-order valence-electron chi connectivity index (χ1n) is 6.23. The molecule has 0 bridgehead atoms. The second-order valence-corrected chi connectivity index (χ2v) is 6.25. The van der Waals surface area contributed by atoms with Gasteiger partial charge in [-0.15, -0.1) is 0 Å². The van der Waals surface area contributed by atoms with E-state index >= 15 is 0 Å². The maximum atomic E-state index is 12.1. The van der Waals surface area contributed by atoms with E-state index in [-0.39, 0.29) is 5.76 Å². The lowest BCUT2D eigenvalue weighted by Gasteiger charge is -2.12. The molecule has 0 saturated carbocycles. The van der Waals surface area contributed by atoms with Crippen molar-refractivity contribution >= 4 is 50.5 Å². The Morgan fingerprint density at radius 3 is 2.86 bits per heavy atom. The molecule has 112 valence electrons. The number of amides is 1. The third kappa shape index (κ3) is 3.79. The van der Waals surface area contributed by atoms with Gasteiger partial charge in [-0.3, -0.25) is 4.79 Å². The number of thioether (sulfide) groups is 1. The number of benzene rings is 1. The van der Waals surface area contributed by atoms with Crippen molar-refractivity contribution in [1.29, 1.82) is 0 Å². The molecule has 0 spiro atoms. The van der Waals surface area contributed by atoms with Gasteiger partial charge in [-0.05, 0) is 46.5 Å². The van der Waals surface area contributed by atoms with E-state index in [1.54, 1.807) is 6.07 Å². The predicted molar refractivity (Wildman–Crippen MR) is 85.8 cm³/mol. The molecule has 7 heteroatoms. The van der Waals surface area contributed by atoms with Gasteiger partial charge in [-0.2, -0.15) is 11.8 Å². The molecule has 21 heavy (non-hydrogen) atoms. The fourth-order valence-electron chi connectivity index (χ4n) is 1.86. The molecule has 0 aliphatic rings. The van der Waals surface area contributed by atoms with Gasteiger partial charge in [0.2, 0.25) is 0 Å². The monoisotopic (exact) mass is 371 g/mol. The van der Waals surface area contributed by atoms with Gasteiger partial charge in [0, 0.05) is 5.39 Å². The predicted octanol–water partition coefficient (Wildman–Crippen LogP) is 3.13. The summed E-state index contributed by atoms with van der Waals surface area (Å²) >= 11 is 4.88. The van der Waals surface area contributed by atoms with E-state index in [1.807, 2.05) is 24.5 Å². The Balaban J connectivity index is 2.17. The lowest BCUT2D eigenvalue weighted by Crippen LogP contribution is -2.41. The lowest BCUT2D eigenvalue weighted by molar-refractivity contribution is -0.139. The smallest absolute Gasteiger partial charge is 0.326 e. The highest BCUT2D eigenvalue weighted by atomic mass is 79.9. The van der Waals surface area contributed by atoms with E-state index in [0.29, 0.717) is 17.8 Å². The Morgan fingerprint density at radius 2 is 2.24 bits per heavy atom. The van der Waals surface area contributed by atoms with E-state index in [1.165, 1.54) is 11.8 Å². The molecule has 1 aromatic heterocycles. The maximum absolute atomic E-state index is 12.1. The average molecular weight is 372 g/mol. The van der Waals surface area contributed by atoms with Crippen LogP contribution in [0.5, 0.6) is 0 Å². The van der Waals surface area contributed by atoms with Gasteiger partial charge in [-0.1, -0.05) is 12.1 Å². The molecule has 5 nitrogen and oxygen atoms in total. The Bertz CT molecular complexity index is 670. The van der Waals surface area contributed by atoms with Gasteiger partial charge in [0.1, 0.15) is 11.6 Å². The molecule has 0 radical (unpaired) electrons. The molecule has 0 unspecified atom stereocenters. The van der Waals surface area contributed by atoms with Crippen LogP contribution in [0.3, 0.4) is 0 Å². The maximum Gasteiger partial charge on any atom is 0.326 e. The summed E-state index contributed by atoms with van der Waals surface area (Å²) in [6, 6.07) is 6.15. The largest absolute Gasteiger partial charge is 0.480 e. The van der Waals surface area contributed by atoms with Crippen molar-refractivity contribution in [3.05, 3.63) is 34.5 Å². The van der Waals surface area contributed by atoms with E-state index in [0.717, 1.165) is 9.86 Å². The Labute approximate surface area is 134 Å². The van der Waals surface area contributed by atoms with Gasteiger partial charge >= 0.3 is 5.97 Å². The summed E-state index contributed by atoms with van der Waals surface area (Å²) in [5, 5.41) is 12.4. The van der Waals surface area contributed by atoms with E-state index in [9.17, 15) is 9.59 Å². The first kappa shape index (κ1) is 15.9. The number of hydrogen-bond donors (Lipinski definition) is 2. The summed E-state index contributed by atoms with van der Waals surface area (Å²) in [7, 11) is 0. The SMILES string of the molecule is CSCC[C@H](NC(=O)c1cc2cccc(Br)c2o1)C(=O)O. The molecule has 2 rings (SSSR count). The van der Waals surface area contributed by atoms with Crippen molar-refractivity contribution in [3.63, 3.8) is 0 Å². The molecule has 0 aliphatic heterocycles. The zero-order valence-electron chi connectivity index (χ0n) is 11.3. The van der Waals surface area contributed by atoms with Crippen LogP contribution in [0.25, 0.3) is 11.0 Å². The summed E-state index contributed by atoms with van der Waals surface area (Å²) in [5.41, 5.74) is 0.568. The highest BCUT2D eigenvalue weighted by molar-refractivity contribution is 9.10. The molecule has 1 aromatic carbocycles. The third-order valence-electron chi connectivity index (χ3n) is 2.93. The number of hydrogen-bond acceptors (Lipinski definition) is 4. The standard InChI is InChI=1S/C14H14BrNO4S/c1-21-6-5-10(14(18)19)16-13(17)11-7-8-3-2-4-9(15)12(8)20-11/h2-4,7,10H,5-6H2,1H3,(H,16,17)(H,18,19)/t10-/m0/s1. The quantitative estimate of drug-likeness (QED) is 0.815. The van der Waals surface area contributed by atoms with Crippen LogP contribution in [0, 0.1) is 0 Å². The number of rotatable bonds is 6. The first-order chi connectivity index (χ1) is 10.0. The summed E-state index contributed by atoms with van der Waals surface area (Å²) in [6.07, 6.45) is 2.25. The topological polar surface area (TPSA) is 79.5 Å². The summed E-state index contributed by atoms with van der Waals surface area (Å²) in [5.74, 6) is -0.809. The number of fused-ring (bicyclic) bond motifs is 1. The molecule has 0 aliphatic carbocycles. The number of nitrogens with one attached hydrogen (secondary N) is 1. The number of carbonyl (C=O) groups excluding carboxylic acids is 1. The highest BCUT2D eigenvalue weighted by Gasteiger charge is 2.22. The summed E-state index contributed by atoms with van der Waals surface area (Å²) < 4.78 is 6.24. The fourth-order valence-corrected chi connectivity index (χ4v) is 2.80. The minimum atomic E-state index is -1.05. The van der Waals surface area contributed by atoms with Gasteiger partial charge in [-0.25, -0.2) is 4.79 Å². The molecule has 1 heterocycles. The van der Waals surface area contributed by atoms with Crippen molar-refractivity contribution in [1.82, 2.24) is 5.32 Å². The fraction of sp³-hybridized carbons (Fsp3) is 0.286. The van der Waals surface area contributed by atoms with Crippen molar-refractivity contribution in [3.8, 4) is 0 Å². The van der Waals surface area contributed by atoms with E-state index in [4.69, 9.17) is 9.52 Å².